The Balaban J connectivity index is 0.00000112. The van der Waals surface area contributed by atoms with Crippen LogP contribution in [-0.4, -0.2) is 17.4 Å². The third kappa shape index (κ3) is 9.31. The fourth-order valence-corrected chi connectivity index (χ4v) is 4.09. The summed E-state index contributed by atoms with van der Waals surface area (Å²) in [6.45, 7) is 0. The molecule has 0 aliphatic heterocycles. The predicted molar refractivity (Wildman–Crippen MR) is 162 cm³/mol. The number of nitrogens with zero attached hydrogens (tertiary/aromatic N) is 3. The van der Waals surface area contributed by atoms with Gasteiger partial charge in [-0.1, -0.05) is 103 Å². The molecule has 0 atom stereocenters. The fourth-order valence-electron chi connectivity index (χ4n) is 4.09. The van der Waals surface area contributed by atoms with Crippen molar-refractivity contribution in [1.82, 2.24) is 4.98 Å². The molecule has 0 amide bonds. The first-order valence-electron chi connectivity index (χ1n) is 12.4. The summed E-state index contributed by atoms with van der Waals surface area (Å²) in [7, 11) is 9.53. The Labute approximate surface area is 244 Å². The van der Waals surface area contributed by atoms with E-state index in [2.05, 4.69) is 72.8 Å². The summed E-state index contributed by atoms with van der Waals surface area (Å²) >= 11 is 0.194. The van der Waals surface area contributed by atoms with Crippen LogP contribution in [0.2, 0.25) is 0 Å². The van der Waals surface area contributed by atoms with Gasteiger partial charge in [0.25, 0.3) is 0 Å². The van der Waals surface area contributed by atoms with Gasteiger partial charge >= 0.3 is 33.3 Å². The summed E-state index contributed by atoms with van der Waals surface area (Å²) in [6.07, 6.45) is 5.34. The van der Waals surface area contributed by atoms with Crippen molar-refractivity contribution < 1.29 is 13.1 Å². The summed E-state index contributed by atoms with van der Waals surface area (Å²) in [5.74, 6) is 0. The standard InChI is InChI=1S/C33H27N3.2ClH.Fe/c1-3-12-26(13-4-1)22-28-16-7-9-20-32(28)34-24-30-18-11-19-31(36-30)25-35-33-21-10-8-17-29(33)23-27-14-5-2-6-15-27;;;/h1-21,24-25H,22-23H2;2*1H;/q;;;+2/p-2. The Morgan fingerprint density at radius 1 is 0.513 bits per heavy atom. The second-order valence-corrected chi connectivity index (χ2v) is 10.5. The fraction of sp³-hybridized carbons (Fsp3) is 0.0606. The van der Waals surface area contributed by atoms with Crippen LogP contribution in [0.5, 0.6) is 0 Å². The number of hydrogen-bond acceptors (Lipinski definition) is 3. The van der Waals surface area contributed by atoms with Gasteiger partial charge < -0.3 is 0 Å². The molecule has 39 heavy (non-hydrogen) atoms. The number of benzene rings is 4. The van der Waals surface area contributed by atoms with E-state index in [1.54, 1.807) is 0 Å². The van der Waals surface area contributed by atoms with Crippen LogP contribution in [0.1, 0.15) is 33.6 Å². The van der Waals surface area contributed by atoms with Gasteiger partial charge in [-0.3, -0.25) is 9.98 Å². The zero-order chi connectivity index (χ0) is 27.1. The van der Waals surface area contributed by atoms with Crippen LogP contribution in [0.4, 0.5) is 11.4 Å². The quantitative estimate of drug-likeness (QED) is 0.131. The molecule has 5 rings (SSSR count). The molecule has 1 heterocycles. The number of aromatic nitrogens is 1. The Bertz CT molecular complexity index is 1400. The van der Waals surface area contributed by atoms with Crippen molar-refractivity contribution in [3.8, 4) is 0 Å². The van der Waals surface area contributed by atoms with Crippen LogP contribution in [0.15, 0.2) is 137 Å². The third-order valence-corrected chi connectivity index (χ3v) is 5.92. The van der Waals surface area contributed by atoms with Crippen LogP contribution >= 0.6 is 20.2 Å². The molecule has 0 spiro atoms. The molecule has 0 N–H and O–H groups in total. The van der Waals surface area contributed by atoms with Crippen molar-refractivity contribution in [3.05, 3.63) is 161 Å². The molecule has 5 aromatic rings. The van der Waals surface area contributed by atoms with E-state index >= 15 is 0 Å². The summed E-state index contributed by atoms with van der Waals surface area (Å²) in [5.41, 5.74) is 8.42. The van der Waals surface area contributed by atoms with Crippen LogP contribution < -0.4 is 0 Å². The molecule has 1 aromatic heterocycles. The number of aliphatic imine (C=N–C) groups is 2. The molecule has 0 radical (unpaired) electrons. The van der Waals surface area contributed by atoms with E-state index in [9.17, 15) is 0 Å². The van der Waals surface area contributed by atoms with Gasteiger partial charge in [-0.05, 0) is 59.4 Å². The summed E-state index contributed by atoms with van der Waals surface area (Å²) in [6, 6.07) is 43.3. The van der Waals surface area contributed by atoms with Crippen molar-refractivity contribution >= 4 is 44.0 Å². The molecule has 196 valence electrons. The van der Waals surface area contributed by atoms with Gasteiger partial charge in [0, 0.05) is 0 Å². The second kappa shape index (κ2) is 15.8. The summed E-state index contributed by atoms with van der Waals surface area (Å²) in [5, 5.41) is 0. The number of halogens is 2. The molecule has 0 fully saturated rings. The van der Waals surface area contributed by atoms with Gasteiger partial charge in [0.05, 0.1) is 35.2 Å². The molecule has 0 saturated heterocycles. The van der Waals surface area contributed by atoms with E-state index in [0.29, 0.717) is 0 Å². The SMILES string of the molecule is C(=Nc1ccccc1Cc1ccccc1)c1cccc(C=Nc2ccccc2Cc2ccccc2)n1.[Cl][Fe][Cl]. The number of pyridine rings is 1. The monoisotopic (exact) mass is 591 g/mol. The Kier molecular flexibility index (Phi) is 11.5. The van der Waals surface area contributed by atoms with Gasteiger partial charge in [-0.25, -0.2) is 4.98 Å². The van der Waals surface area contributed by atoms with Gasteiger partial charge in [-0.15, -0.1) is 0 Å². The first-order chi connectivity index (χ1) is 19.2. The molecular weight excluding hydrogens is 565 g/mol. The van der Waals surface area contributed by atoms with E-state index in [4.69, 9.17) is 35.2 Å². The first kappa shape index (κ1) is 28.5. The molecule has 3 nitrogen and oxygen atoms in total. The van der Waals surface area contributed by atoms with Crippen molar-refractivity contribution in [2.75, 3.05) is 0 Å². The number of hydrogen-bond donors (Lipinski definition) is 0. The zero-order valence-corrected chi connectivity index (χ0v) is 23.8. The Hall–Kier alpha value is -3.53. The summed E-state index contributed by atoms with van der Waals surface area (Å²) in [4.78, 5) is 14.3. The van der Waals surface area contributed by atoms with E-state index in [1.165, 1.54) is 22.3 Å². The Morgan fingerprint density at radius 2 is 0.897 bits per heavy atom. The van der Waals surface area contributed by atoms with E-state index in [0.717, 1.165) is 35.6 Å². The molecule has 0 aliphatic carbocycles. The average Bonchev–Trinajstić information content (AvgIpc) is 2.98. The van der Waals surface area contributed by atoms with Gasteiger partial charge in [-0.2, -0.15) is 0 Å². The molecule has 0 aliphatic rings. The topological polar surface area (TPSA) is 37.6 Å². The van der Waals surface area contributed by atoms with E-state index in [-0.39, 0.29) is 13.1 Å². The van der Waals surface area contributed by atoms with Crippen molar-refractivity contribution in [2.45, 2.75) is 12.8 Å². The van der Waals surface area contributed by atoms with Crippen molar-refractivity contribution in [1.29, 1.82) is 0 Å². The Morgan fingerprint density at radius 3 is 1.33 bits per heavy atom. The second-order valence-electron chi connectivity index (χ2n) is 8.64. The molecule has 4 aromatic carbocycles. The third-order valence-electron chi connectivity index (χ3n) is 5.92. The van der Waals surface area contributed by atoms with Crippen LogP contribution in [0.25, 0.3) is 0 Å². The maximum absolute atomic E-state index is 4.76. The molecule has 0 saturated carbocycles. The maximum atomic E-state index is 4.76. The average molecular weight is 592 g/mol. The van der Waals surface area contributed by atoms with E-state index < -0.39 is 0 Å². The minimum absolute atomic E-state index is 0.194. The minimum atomic E-state index is 0.194. The van der Waals surface area contributed by atoms with Gasteiger partial charge in [0.15, 0.2) is 0 Å². The van der Waals surface area contributed by atoms with Gasteiger partial charge in [0.1, 0.15) is 0 Å². The molecule has 6 heteroatoms. The molecular formula is C33H27Cl2FeN3. The zero-order valence-electron chi connectivity index (χ0n) is 21.1. The normalized spacial score (nSPS) is 11.0. The van der Waals surface area contributed by atoms with E-state index in [1.807, 2.05) is 67.0 Å². The molecule has 0 bridgehead atoms. The predicted octanol–water partition coefficient (Wildman–Crippen LogP) is 9.14. The van der Waals surface area contributed by atoms with Crippen molar-refractivity contribution in [3.63, 3.8) is 0 Å². The number of para-hydroxylation sites is 2. The van der Waals surface area contributed by atoms with Crippen molar-refractivity contribution in [2.24, 2.45) is 9.98 Å². The van der Waals surface area contributed by atoms with Crippen LogP contribution in [0.3, 0.4) is 0 Å². The van der Waals surface area contributed by atoms with Crippen LogP contribution in [-0.2, 0) is 26.0 Å². The molecule has 0 unspecified atom stereocenters. The number of rotatable bonds is 8. The first-order valence-corrected chi connectivity index (χ1v) is 15.4. The van der Waals surface area contributed by atoms with Crippen LogP contribution in [0, 0.1) is 0 Å². The summed E-state index contributed by atoms with van der Waals surface area (Å²) < 4.78 is 0. The van der Waals surface area contributed by atoms with Gasteiger partial charge in [0.2, 0.25) is 0 Å².